The average Bonchev–Trinajstić information content (AvgIpc) is 2.53. The first-order valence-corrected chi connectivity index (χ1v) is 4.50. The summed E-state index contributed by atoms with van der Waals surface area (Å²) in [6.45, 7) is 3.43. The van der Waals surface area contributed by atoms with E-state index in [2.05, 4.69) is 20.9 Å². The highest BCUT2D eigenvalue weighted by molar-refractivity contribution is 5.72. The predicted octanol–water partition coefficient (Wildman–Crippen LogP) is -0.866. The van der Waals surface area contributed by atoms with Gasteiger partial charge in [-0.1, -0.05) is 5.21 Å². The Morgan fingerprint density at radius 1 is 1.64 bits per heavy atom. The largest absolute Gasteiger partial charge is 0.354 e. The number of nitrogens with one attached hydrogen (secondary N) is 2. The van der Waals surface area contributed by atoms with Gasteiger partial charge in [0.15, 0.2) is 0 Å². The maximum atomic E-state index is 10.6. The molecule has 0 unspecified atom stereocenters. The maximum absolute atomic E-state index is 10.6. The van der Waals surface area contributed by atoms with Crippen molar-refractivity contribution in [1.29, 1.82) is 0 Å². The van der Waals surface area contributed by atoms with Crippen molar-refractivity contribution in [2.45, 2.75) is 20.0 Å². The third kappa shape index (κ3) is 3.53. The van der Waals surface area contributed by atoms with Crippen molar-refractivity contribution in [3.8, 4) is 0 Å². The van der Waals surface area contributed by atoms with E-state index in [1.807, 2.05) is 13.2 Å². The highest BCUT2D eigenvalue weighted by Gasteiger charge is 1.98. The van der Waals surface area contributed by atoms with E-state index in [0.29, 0.717) is 19.6 Å². The number of carbonyl (C=O) groups is 1. The Morgan fingerprint density at radius 2 is 2.43 bits per heavy atom. The maximum Gasteiger partial charge on any atom is 0.216 e. The number of rotatable bonds is 5. The molecule has 6 heteroatoms. The quantitative estimate of drug-likeness (QED) is 0.644. The van der Waals surface area contributed by atoms with E-state index in [1.54, 1.807) is 4.68 Å². The number of carbonyl (C=O) groups excluding carboxylic acids is 1. The van der Waals surface area contributed by atoms with E-state index >= 15 is 0 Å². The minimum Gasteiger partial charge on any atom is -0.354 e. The molecule has 0 saturated carbocycles. The molecule has 1 aromatic heterocycles. The Bertz CT molecular complexity index is 296. The van der Waals surface area contributed by atoms with E-state index in [9.17, 15) is 4.79 Å². The van der Waals surface area contributed by atoms with Gasteiger partial charge in [0.2, 0.25) is 5.91 Å². The fourth-order valence-electron chi connectivity index (χ4n) is 1.06. The molecule has 1 amide bonds. The summed E-state index contributed by atoms with van der Waals surface area (Å²) in [6, 6.07) is 0. The highest BCUT2D eigenvalue weighted by atomic mass is 16.1. The van der Waals surface area contributed by atoms with E-state index in [0.717, 1.165) is 5.69 Å². The van der Waals surface area contributed by atoms with Crippen molar-refractivity contribution in [3.05, 3.63) is 11.9 Å². The van der Waals surface area contributed by atoms with Crippen LogP contribution in [0.3, 0.4) is 0 Å². The van der Waals surface area contributed by atoms with Crippen molar-refractivity contribution in [3.63, 3.8) is 0 Å². The van der Waals surface area contributed by atoms with Crippen LogP contribution < -0.4 is 10.6 Å². The van der Waals surface area contributed by atoms with Gasteiger partial charge in [-0.2, -0.15) is 0 Å². The molecule has 2 N–H and O–H groups in total. The summed E-state index contributed by atoms with van der Waals surface area (Å²) in [5.74, 6) is -0.0273. The van der Waals surface area contributed by atoms with Crippen LogP contribution in [-0.4, -0.2) is 34.5 Å². The van der Waals surface area contributed by atoms with Crippen LogP contribution in [0.2, 0.25) is 0 Å². The molecule has 0 fully saturated rings. The third-order valence-electron chi connectivity index (χ3n) is 1.66. The zero-order valence-corrected chi connectivity index (χ0v) is 8.45. The molecule has 1 rings (SSSR count). The molecule has 78 valence electrons. The van der Waals surface area contributed by atoms with Gasteiger partial charge in [0.25, 0.3) is 0 Å². The average molecular weight is 197 g/mol. The van der Waals surface area contributed by atoms with Gasteiger partial charge >= 0.3 is 0 Å². The Morgan fingerprint density at radius 3 is 3.07 bits per heavy atom. The summed E-state index contributed by atoms with van der Waals surface area (Å²) >= 11 is 0. The zero-order chi connectivity index (χ0) is 10.4. The van der Waals surface area contributed by atoms with Gasteiger partial charge in [0.1, 0.15) is 0 Å². The number of hydrogen-bond acceptors (Lipinski definition) is 4. The highest BCUT2D eigenvalue weighted by Crippen LogP contribution is 1.90. The van der Waals surface area contributed by atoms with Gasteiger partial charge in [-0.25, -0.2) is 0 Å². The van der Waals surface area contributed by atoms with Crippen LogP contribution in [0.25, 0.3) is 0 Å². The molecule has 1 heterocycles. The van der Waals surface area contributed by atoms with Crippen molar-refractivity contribution in [2.24, 2.45) is 0 Å². The van der Waals surface area contributed by atoms with Crippen molar-refractivity contribution in [1.82, 2.24) is 25.6 Å². The fraction of sp³-hybridized carbons (Fsp3) is 0.625. The molecule has 6 nitrogen and oxygen atoms in total. The molecule has 14 heavy (non-hydrogen) atoms. The van der Waals surface area contributed by atoms with Gasteiger partial charge in [-0.3, -0.25) is 9.48 Å². The smallest absolute Gasteiger partial charge is 0.216 e. The molecule has 0 aliphatic rings. The first-order chi connectivity index (χ1) is 6.72. The molecule has 0 bridgehead atoms. The Labute approximate surface area is 82.7 Å². The molecular weight excluding hydrogens is 182 g/mol. The SMILES string of the molecule is CNCc1cn(CCNC(C)=O)nn1. The van der Waals surface area contributed by atoms with Crippen molar-refractivity contribution in [2.75, 3.05) is 13.6 Å². The van der Waals surface area contributed by atoms with Gasteiger partial charge < -0.3 is 10.6 Å². The number of nitrogens with zero attached hydrogens (tertiary/aromatic N) is 3. The van der Waals surface area contributed by atoms with E-state index in [4.69, 9.17) is 0 Å². The standard InChI is InChI=1S/C8H15N5O/c1-7(14)10-3-4-13-6-8(5-9-2)11-12-13/h6,9H,3-5H2,1-2H3,(H,10,14). The molecule has 0 spiro atoms. The second-order valence-corrected chi connectivity index (χ2v) is 2.99. The number of hydrogen-bond donors (Lipinski definition) is 2. The molecule has 0 aliphatic heterocycles. The molecule has 0 saturated heterocycles. The lowest BCUT2D eigenvalue weighted by Crippen LogP contribution is -2.24. The summed E-state index contributed by atoms with van der Waals surface area (Å²) < 4.78 is 1.71. The summed E-state index contributed by atoms with van der Waals surface area (Å²) in [6.07, 6.45) is 1.86. The fourth-order valence-corrected chi connectivity index (χ4v) is 1.06. The Kier molecular flexibility index (Phi) is 4.06. The molecule has 0 atom stereocenters. The van der Waals surface area contributed by atoms with E-state index in [-0.39, 0.29) is 5.91 Å². The lowest BCUT2D eigenvalue weighted by molar-refractivity contribution is -0.118. The first kappa shape index (κ1) is 10.6. The number of amides is 1. The third-order valence-corrected chi connectivity index (χ3v) is 1.66. The Hall–Kier alpha value is -1.43. The molecule has 0 radical (unpaired) electrons. The summed E-state index contributed by atoms with van der Waals surface area (Å²) in [4.78, 5) is 10.6. The van der Waals surface area contributed by atoms with Crippen LogP contribution in [-0.2, 0) is 17.9 Å². The van der Waals surface area contributed by atoms with Crippen LogP contribution in [0.4, 0.5) is 0 Å². The zero-order valence-electron chi connectivity index (χ0n) is 8.45. The number of aromatic nitrogens is 3. The molecular formula is C8H15N5O. The lowest BCUT2D eigenvalue weighted by Gasteiger charge is -2.00. The van der Waals surface area contributed by atoms with Crippen LogP contribution in [0.15, 0.2) is 6.20 Å². The van der Waals surface area contributed by atoms with Crippen LogP contribution in [0.5, 0.6) is 0 Å². The summed E-state index contributed by atoms with van der Waals surface area (Å²) in [5, 5.41) is 13.5. The second kappa shape index (κ2) is 5.33. The molecule has 0 aromatic carbocycles. The van der Waals surface area contributed by atoms with Crippen LogP contribution >= 0.6 is 0 Å². The van der Waals surface area contributed by atoms with Crippen molar-refractivity contribution < 1.29 is 4.79 Å². The summed E-state index contributed by atoms with van der Waals surface area (Å²) in [5.41, 5.74) is 0.898. The summed E-state index contributed by atoms with van der Waals surface area (Å²) in [7, 11) is 1.86. The molecule has 0 aliphatic carbocycles. The predicted molar refractivity (Wildman–Crippen MR) is 51.5 cm³/mol. The van der Waals surface area contributed by atoms with Crippen LogP contribution in [0, 0.1) is 0 Å². The molecule has 1 aromatic rings. The minimum absolute atomic E-state index is 0.0273. The van der Waals surface area contributed by atoms with Gasteiger partial charge in [0.05, 0.1) is 12.2 Å². The normalized spacial score (nSPS) is 10.1. The Balaban J connectivity index is 2.32. The lowest BCUT2D eigenvalue weighted by atomic mass is 10.5. The van der Waals surface area contributed by atoms with Gasteiger partial charge in [-0.05, 0) is 7.05 Å². The van der Waals surface area contributed by atoms with Gasteiger partial charge in [0, 0.05) is 26.2 Å². The van der Waals surface area contributed by atoms with Crippen LogP contribution in [0.1, 0.15) is 12.6 Å². The monoisotopic (exact) mass is 197 g/mol. The van der Waals surface area contributed by atoms with E-state index < -0.39 is 0 Å². The second-order valence-electron chi connectivity index (χ2n) is 2.99. The van der Waals surface area contributed by atoms with Gasteiger partial charge in [-0.15, -0.1) is 5.10 Å². The minimum atomic E-state index is -0.0273. The van der Waals surface area contributed by atoms with Crippen molar-refractivity contribution >= 4 is 5.91 Å². The van der Waals surface area contributed by atoms with E-state index in [1.165, 1.54) is 6.92 Å². The first-order valence-electron chi connectivity index (χ1n) is 4.50. The topological polar surface area (TPSA) is 71.8 Å².